The van der Waals surface area contributed by atoms with E-state index in [0.717, 1.165) is 12.0 Å². The number of anilines is 1. The van der Waals surface area contributed by atoms with Crippen LogP contribution in [0.4, 0.5) is 10.5 Å². The van der Waals surface area contributed by atoms with Crippen molar-refractivity contribution in [2.45, 2.75) is 51.4 Å². The predicted octanol–water partition coefficient (Wildman–Crippen LogP) is 3.71. The molecule has 3 rings (SSSR count). The molecule has 1 fully saturated rings. The number of aliphatic hydroxyl groups is 1. The Balaban J connectivity index is 1.89. The minimum atomic E-state index is -3.01. The summed E-state index contributed by atoms with van der Waals surface area (Å²) in [6, 6.07) is 13.3. The summed E-state index contributed by atoms with van der Waals surface area (Å²) in [7, 11) is -3.01. The minimum Gasteiger partial charge on any atom is -0.491 e. The third-order valence-corrected chi connectivity index (χ3v) is 7.67. The third-order valence-electron chi connectivity index (χ3n) is 5.74. The number of hydrogen-bond acceptors (Lipinski definition) is 7. The minimum absolute atomic E-state index is 0.174. The lowest BCUT2D eigenvalue weighted by molar-refractivity contribution is 0.0829. The van der Waals surface area contributed by atoms with E-state index in [9.17, 15) is 23.8 Å². The standard InChI is InChI=1S/C25H35N3O7S/c1-17(2)35-21-14-19(13-20(15-21)28-10-6-7-11-36(28,33)34)24(30)27-22(23(29)16-26-25(31)32)12-18-8-4-3-5-9-18/h3-5,8-9,13-15,17,22-23,26,29,33-34H,6-7,10-12,16H2,1-2H3,(H,27,30)(H,31,32)/t22-,23+/m0/s1. The van der Waals surface area contributed by atoms with Gasteiger partial charge in [-0.3, -0.25) is 18.2 Å². The van der Waals surface area contributed by atoms with Crippen LogP contribution >= 0.6 is 10.8 Å². The predicted molar refractivity (Wildman–Crippen MR) is 140 cm³/mol. The number of aliphatic hydroxyl groups excluding tert-OH is 1. The van der Waals surface area contributed by atoms with Crippen LogP contribution in [0.3, 0.4) is 0 Å². The Morgan fingerprint density at radius 1 is 1.11 bits per heavy atom. The van der Waals surface area contributed by atoms with Crippen LogP contribution in [0.5, 0.6) is 5.75 Å². The molecular formula is C25H35N3O7S. The van der Waals surface area contributed by atoms with E-state index >= 15 is 0 Å². The molecule has 2 aromatic rings. The van der Waals surface area contributed by atoms with Crippen LogP contribution in [0.15, 0.2) is 48.5 Å². The van der Waals surface area contributed by atoms with Crippen molar-refractivity contribution in [2.75, 3.05) is 23.1 Å². The van der Waals surface area contributed by atoms with Crippen LogP contribution < -0.4 is 19.7 Å². The van der Waals surface area contributed by atoms with Crippen molar-refractivity contribution >= 4 is 28.5 Å². The molecule has 2 aromatic carbocycles. The molecule has 1 heterocycles. The van der Waals surface area contributed by atoms with Crippen LogP contribution in [-0.4, -0.2) is 68.4 Å². The monoisotopic (exact) mass is 521 g/mol. The number of nitrogens with zero attached hydrogens (tertiary/aromatic N) is 1. The summed E-state index contributed by atoms with van der Waals surface area (Å²) in [6.07, 6.45) is -0.868. The molecule has 198 valence electrons. The van der Waals surface area contributed by atoms with Gasteiger partial charge in [0.1, 0.15) is 5.75 Å². The van der Waals surface area contributed by atoms with E-state index in [1.54, 1.807) is 18.2 Å². The zero-order valence-corrected chi connectivity index (χ0v) is 21.3. The van der Waals surface area contributed by atoms with Gasteiger partial charge in [-0.1, -0.05) is 30.3 Å². The number of amides is 2. The van der Waals surface area contributed by atoms with Gasteiger partial charge in [-0.25, -0.2) is 4.79 Å². The zero-order chi connectivity index (χ0) is 26.3. The van der Waals surface area contributed by atoms with Gasteiger partial charge >= 0.3 is 6.09 Å². The van der Waals surface area contributed by atoms with Gasteiger partial charge in [-0.15, -0.1) is 10.8 Å². The Morgan fingerprint density at radius 2 is 1.83 bits per heavy atom. The summed E-state index contributed by atoms with van der Waals surface area (Å²) in [6.45, 7) is 3.87. The highest BCUT2D eigenvalue weighted by Gasteiger charge is 2.29. The smallest absolute Gasteiger partial charge is 0.404 e. The molecule has 6 N–H and O–H groups in total. The first kappa shape index (κ1) is 27.6. The lowest BCUT2D eigenvalue weighted by Gasteiger charge is -2.47. The lowest BCUT2D eigenvalue weighted by atomic mass is 10.0. The van der Waals surface area contributed by atoms with Crippen molar-refractivity contribution in [1.82, 2.24) is 10.6 Å². The maximum atomic E-state index is 13.4. The van der Waals surface area contributed by atoms with Crippen molar-refractivity contribution in [3.05, 3.63) is 59.7 Å². The van der Waals surface area contributed by atoms with E-state index in [-0.39, 0.29) is 30.4 Å². The first-order chi connectivity index (χ1) is 17.0. The highest BCUT2D eigenvalue weighted by molar-refractivity contribution is 8.25. The maximum Gasteiger partial charge on any atom is 0.404 e. The fourth-order valence-electron chi connectivity index (χ4n) is 4.04. The second kappa shape index (κ2) is 12.3. The molecule has 0 aromatic heterocycles. The first-order valence-electron chi connectivity index (χ1n) is 11.9. The molecule has 0 saturated carbocycles. The average molecular weight is 522 g/mol. The van der Waals surface area contributed by atoms with E-state index < -0.39 is 34.9 Å². The summed E-state index contributed by atoms with van der Waals surface area (Å²) in [4.78, 5) is 24.3. The van der Waals surface area contributed by atoms with Gasteiger partial charge in [0, 0.05) is 24.7 Å². The molecule has 36 heavy (non-hydrogen) atoms. The number of hydrogen-bond donors (Lipinski definition) is 6. The molecule has 1 aliphatic rings. The van der Waals surface area contributed by atoms with Crippen LogP contribution in [0.1, 0.15) is 42.6 Å². The SMILES string of the molecule is CC(C)Oc1cc(C(=O)N[C@@H](Cc2ccccc2)[C@H](O)CNC(=O)O)cc(N2CCCCS2(O)O)c1. The number of carboxylic acid groups (broad SMARTS) is 1. The summed E-state index contributed by atoms with van der Waals surface area (Å²) in [5.41, 5.74) is 1.54. The number of carbonyl (C=O) groups excluding carboxylic acids is 1. The average Bonchev–Trinajstić information content (AvgIpc) is 2.81. The number of rotatable bonds is 10. The molecule has 2 amide bonds. The van der Waals surface area contributed by atoms with Crippen molar-refractivity contribution in [3.63, 3.8) is 0 Å². The lowest BCUT2D eigenvalue weighted by Crippen LogP contribution is -2.49. The Bertz CT molecular complexity index is 1040. The van der Waals surface area contributed by atoms with Crippen LogP contribution in [0.25, 0.3) is 0 Å². The third kappa shape index (κ3) is 7.76. The normalized spacial score (nSPS) is 17.7. The van der Waals surface area contributed by atoms with Gasteiger partial charge in [0.2, 0.25) is 0 Å². The fourth-order valence-corrected chi connectivity index (χ4v) is 5.72. The molecular weight excluding hydrogens is 486 g/mol. The Kier molecular flexibility index (Phi) is 9.43. The molecule has 1 aliphatic heterocycles. The largest absolute Gasteiger partial charge is 0.491 e. The van der Waals surface area contributed by atoms with E-state index in [2.05, 4.69) is 10.6 Å². The molecule has 10 nitrogen and oxygen atoms in total. The zero-order valence-electron chi connectivity index (χ0n) is 20.5. The summed E-state index contributed by atoms with van der Waals surface area (Å²) in [5.74, 6) is 0.154. The van der Waals surface area contributed by atoms with Crippen LogP contribution in [-0.2, 0) is 6.42 Å². The van der Waals surface area contributed by atoms with Gasteiger partial charge in [0.15, 0.2) is 0 Å². The van der Waals surface area contributed by atoms with Crippen molar-refractivity contribution < 1.29 is 33.6 Å². The van der Waals surface area contributed by atoms with Crippen molar-refractivity contribution in [3.8, 4) is 5.75 Å². The van der Waals surface area contributed by atoms with Crippen molar-refractivity contribution in [1.29, 1.82) is 0 Å². The first-order valence-corrected chi connectivity index (χ1v) is 13.6. The molecule has 0 aliphatic carbocycles. The summed E-state index contributed by atoms with van der Waals surface area (Å²) < 4.78 is 28.6. The molecule has 11 heteroatoms. The van der Waals surface area contributed by atoms with E-state index in [4.69, 9.17) is 9.84 Å². The number of benzene rings is 2. The highest BCUT2D eigenvalue weighted by atomic mass is 32.3. The number of carbonyl (C=O) groups is 2. The second-order valence-corrected chi connectivity index (χ2v) is 11.2. The van der Waals surface area contributed by atoms with E-state index in [1.165, 1.54) is 4.31 Å². The van der Waals surface area contributed by atoms with Crippen molar-refractivity contribution in [2.24, 2.45) is 0 Å². The molecule has 1 saturated heterocycles. The van der Waals surface area contributed by atoms with Gasteiger partial charge in [-0.2, -0.15) is 0 Å². The van der Waals surface area contributed by atoms with Gasteiger partial charge in [0.25, 0.3) is 5.91 Å². The second-order valence-electron chi connectivity index (χ2n) is 9.05. The fraction of sp³-hybridized carbons (Fsp3) is 0.440. The van der Waals surface area contributed by atoms with Crippen LogP contribution in [0.2, 0.25) is 0 Å². The molecule has 0 spiro atoms. The number of nitrogens with one attached hydrogen (secondary N) is 2. The molecule has 2 atom stereocenters. The van der Waals surface area contributed by atoms with E-state index in [1.807, 2.05) is 44.2 Å². The Morgan fingerprint density at radius 3 is 2.47 bits per heavy atom. The van der Waals surface area contributed by atoms with Gasteiger partial charge in [-0.05, 0) is 50.8 Å². The summed E-state index contributed by atoms with van der Waals surface area (Å²) in [5, 5.41) is 24.6. The number of ether oxygens (including phenoxy) is 1. The summed E-state index contributed by atoms with van der Waals surface area (Å²) >= 11 is 0. The topological polar surface area (TPSA) is 152 Å². The molecule has 0 unspecified atom stereocenters. The Hall–Kier alpha value is -2.99. The molecule has 0 radical (unpaired) electrons. The molecule has 0 bridgehead atoms. The maximum absolute atomic E-state index is 13.4. The van der Waals surface area contributed by atoms with Gasteiger partial charge in [0.05, 0.1) is 29.7 Å². The Labute approximate surface area is 212 Å². The van der Waals surface area contributed by atoms with Gasteiger partial charge < -0.3 is 25.6 Å². The highest BCUT2D eigenvalue weighted by Crippen LogP contribution is 2.50. The quantitative estimate of drug-likeness (QED) is 0.277. The van der Waals surface area contributed by atoms with E-state index in [0.29, 0.717) is 24.4 Å². The van der Waals surface area contributed by atoms with Crippen LogP contribution in [0, 0.1) is 0 Å².